The van der Waals surface area contributed by atoms with Crippen LogP contribution in [0.25, 0.3) is 11.3 Å². The van der Waals surface area contributed by atoms with Gasteiger partial charge in [-0.3, -0.25) is 0 Å². The molecular weight excluding hydrogens is 364 g/mol. The predicted molar refractivity (Wildman–Crippen MR) is 99.3 cm³/mol. The monoisotopic (exact) mass is 382 g/mol. The first-order valence-electron chi connectivity index (χ1n) is 8.71. The van der Waals surface area contributed by atoms with E-state index in [2.05, 4.69) is 21.7 Å². The van der Waals surface area contributed by atoms with Crippen LogP contribution < -0.4 is 4.74 Å². The summed E-state index contributed by atoms with van der Waals surface area (Å²) in [5.41, 5.74) is 3.90. The number of ether oxygens (including phenoxy) is 1. The molecule has 0 saturated carbocycles. The first kappa shape index (κ1) is 16.5. The Hall–Kier alpha value is -2.64. The lowest BCUT2D eigenvalue weighted by Crippen LogP contribution is -2.33. The van der Waals surface area contributed by atoms with Crippen LogP contribution in [0.1, 0.15) is 23.3 Å². The number of hydrogen-bond acceptors (Lipinski definition) is 5. The van der Waals surface area contributed by atoms with Crippen LogP contribution in [0.3, 0.4) is 0 Å². The van der Waals surface area contributed by atoms with E-state index < -0.39 is 15.9 Å². The molecule has 138 valence electrons. The summed E-state index contributed by atoms with van der Waals surface area (Å²) >= 11 is 0. The lowest BCUT2D eigenvalue weighted by molar-refractivity contribution is 0.0310. The van der Waals surface area contributed by atoms with E-state index in [0.29, 0.717) is 11.3 Å². The molecule has 3 atom stereocenters. The molecule has 0 bridgehead atoms. The van der Waals surface area contributed by atoms with Crippen molar-refractivity contribution in [3.63, 3.8) is 0 Å². The molecule has 3 heterocycles. The van der Waals surface area contributed by atoms with E-state index in [1.807, 2.05) is 18.3 Å². The maximum atomic E-state index is 11.8. The number of aromatic nitrogens is 2. The molecule has 2 aromatic carbocycles. The smallest absolute Gasteiger partial charge is 0.175 e. The molecule has 3 aromatic rings. The third-order valence-corrected chi connectivity index (χ3v) is 6.61. The van der Waals surface area contributed by atoms with Gasteiger partial charge in [0.25, 0.3) is 0 Å². The Balaban J connectivity index is 1.57. The minimum absolute atomic E-state index is 0.0866. The molecule has 0 saturated heterocycles. The van der Waals surface area contributed by atoms with Gasteiger partial charge in [0.05, 0.1) is 41.9 Å². The Morgan fingerprint density at radius 1 is 1.19 bits per heavy atom. The molecule has 27 heavy (non-hydrogen) atoms. The second-order valence-corrected chi connectivity index (χ2v) is 9.13. The van der Waals surface area contributed by atoms with Gasteiger partial charge in [-0.25, -0.2) is 13.4 Å². The minimum Gasteiger partial charge on any atom is -0.493 e. The van der Waals surface area contributed by atoms with Crippen molar-refractivity contribution in [3.8, 4) is 17.0 Å². The molecule has 0 amide bonds. The van der Waals surface area contributed by atoms with Gasteiger partial charge in [0, 0.05) is 23.3 Å². The lowest BCUT2D eigenvalue weighted by Gasteiger charge is -2.35. The molecule has 0 radical (unpaired) electrons. The standard InChI is InChI=1S/C20H18N2O4S/c1-27(24,25)12-6-7-15-18(8-12)26-10-16(20(15)23)19-14-5-3-2-4-13(14)17-9-21-11-22(17)19/h2-9,11,16,19-20,23H,10H2,1H3/t16-,19?,20-/m1/s1. The number of nitrogens with zero attached hydrogens (tertiary/aromatic N) is 2. The summed E-state index contributed by atoms with van der Waals surface area (Å²) in [6.45, 7) is 0.290. The fourth-order valence-corrected chi connectivity index (χ4v) is 4.83. The van der Waals surface area contributed by atoms with Gasteiger partial charge >= 0.3 is 0 Å². The maximum Gasteiger partial charge on any atom is 0.175 e. The van der Waals surface area contributed by atoms with Crippen molar-refractivity contribution in [1.82, 2.24) is 9.55 Å². The van der Waals surface area contributed by atoms with Crippen molar-refractivity contribution in [2.24, 2.45) is 5.92 Å². The second kappa shape index (κ2) is 5.68. The Morgan fingerprint density at radius 2 is 2.00 bits per heavy atom. The Kier molecular flexibility index (Phi) is 3.47. The maximum absolute atomic E-state index is 11.8. The van der Waals surface area contributed by atoms with Crippen LogP contribution in [0.5, 0.6) is 5.75 Å². The molecule has 1 unspecified atom stereocenters. The van der Waals surface area contributed by atoms with Crippen molar-refractivity contribution >= 4 is 9.84 Å². The van der Waals surface area contributed by atoms with E-state index in [0.717, 1.165) is 23.1 Å². The molecule has 1 aromatic heterocycles. The van der Waals surface area contributed by atoms with Gasteiger partial charge in [-0.2, -0.15) is 0 Å². The van der Waals surface area contributed by atoms with Gasteiger partial charge in [0.15, 0.2) is 9.84 Å². The van der Waals surface area contributed by atoms with Crippen molar-refractivity contribution in [2.45, 2.75) is 17.0 Å². The highest BCUT2D eigenvalue weighted by molar-refractivity contribution is 7.90. The molecule has 6 nitrogen and oxygen atoms in total. The van der Waals surface area contributed by atoms with Crippen molar-refractivity contribution < 1.29 is 18.3 Å². The number of hydrogen-bond donors (Lipinski definition) is 1. The zero-order valence-corrected chi connectivity index (χ0v) is 15.4. The van der Waals surface area contributed by atoms with E-state index in [4.69, 9.17) is 4.74 Å². The number of benzene rings is 2. The van der Waals surface area contributed by atoms with Gasteiger partial charge in [0.1, 0.15) is 5.75 Å². The number of aliphatic hydroxyl groups is 1. The van der Waals surface area contributed by atoms with E-state index in [9.17, 15) is 13.5 Å². The van der Waals surface area contributed by atoms with E-state index in [1.165, 1.54) is 12.1 Å². The minimum atomic E-state index is -3.33. The first-order chi connectivity index (χ1) is 12.9. The number of sulfone groups is 1. The van der Waals surface area contributed by atoms with Crippen molar-refractivity contribution in [2.75, 3.05) is 12.9 Å². The lowest BCUT2D eigenvalue weighted by atomic mass is 9.84. The molecule has 1 N–H and O–H groups in total. The van der Waals surface area contributed by atoms with Crippen LogP contribution in [0.15, 0.2) is 59.9 Å². The summed E-state index contributed by atoms with van der Waals surface area (Å²) in [5, 5.41) is 11.1. The summed E-state index contributed by atoms with van der Waals surface area (Å²) in [7, 11) is -3.33. The van der Waals surface area contributed by atoms with Crippen LogP contribution in [0.2, 0.25) is 0 Å². The zero-order valence-electron chi connectivity index (χ0n) is 14.6. The molecule has 0 fully saturated rings. The van der Waals surface area contributed by atoms with Crippen LogP contribution in [-0.4, -0.2) is 35.9 Å². The number of fused-ring (bicyclic) bond motifs is 4. The average molecular weight is 382 g/mol. The number of imidazole rings is 1. The number of aliphatic hydroxyl groups excluding tert-OH is 1. The van der Waals surface area contributed by atoms with Crippen LogP contribution >= 0.6 is 0 Å². The molecule has 0 aliphatic carbocycles. The first-order valence-corrected chi connectivity index (χ1v) is 10.6. The SMILES string of the molecule is CS(=O)(=O)c1ccc2c(c1)OC[C@H](C1c3ccccc3-c3cncn31)[C@@H]2O. The molecular formula is C20H18N2O4S. The van der Waals surface area contributed by atoms with Crippen molar-refractivity contribution in [3.05, 3.63) is 66.1 Å². The summed E-state index contributed by atoms with van der Waals surface area (Å²) in [6, 6.07) is 12.7. The van der Waals surface area contributed by atoms with Gasteiger partial charge < -0.3 is 14.4 Å². The number of rotatable bonds is 2. The summed E-state index contributed by atoms with van der Waals surface area (Å²) in [6.07, 6.45) is 4.01. The third kappa shape index (κ3) is 2.42. The van der Waals surface area contributed by atoms with Crippen LogP contribution in [-0.2, 0) is 9.84 Å². The average Bonchev–Trinajstić information content (AvgIpc) is 3.22. The highest BCUT2D eigenvalue weighted by atomic mass is 32.2. The summed E-state index contributed by atoms with van der Waals surface area (Å²) in [4.78, 5) is 4.46. The van der Waals surface area contributed by atoms with E-state index >= 15 is 0 Å². The third-order valence-electron chi connectivity index (χ3n) is 5.50. The zero-order chi connectivity index (χ0) is 18.8. The topological polar surface area (TPSA) is 81.4 Å². The molecule has 2 aliphatic heterocycles. The van der Waals surface area contributed by atoms with E-state index in [-0.39, 0.29) is 23.5 Å². The molecule has 2 aliphatic rings. The van der Waals surface area contributed by atoms with Crippen molar-refractivity contribution in [1.29, 1.82) is 0 Å². The van der Waals surface area contributed by atoms with Gasteiger partial charge in [-0.1, -0.05) is 30.3 Å². The molecule has 7 heteroatoms. The largest absolute Gasteiger partial charge is 0.493 e. The van der Waals surface area contributed by atoms with Crippen LogP contribution in [0, 0.1) is 5.92 Å². The van der Waals surface area contributed by atoms with Gasteiger partial charge in [-0.05, 0) is 17.7 Å². The van der Waals surface area contributed by atoms with E-state index in [1.54, 1.807) is 12.4 Å². The fraction of sp³-hybridized carbons (Fsp3) is 0.250. The summed E-state index contributed by atoms with van der Waals surface area (Å²) < 4.78 is 31.6. The quantitative estimate of drug-likeness (QED) is 0.737. The normalized spacial score (nSPS) is 23.3. The van der Waals surface area contributed by atoms with Gasteiger partial charge in [-0.15, -0.1) is 0 Å². The van der Waals surface area contributed by atoms with Crippen LogP contribution in [0.4, 0.5) is 0 Å². The Morgan fingerprint density at radius 3 is 2.81 bits per heavy atom. The fourth-order valence-electron chi connectivity index (χ4n) is 4.20. The molecule has 5 rings (SSSR count). The second-order valence-electron chi connectivity index (χ2n) is 7.11. The highest BCUT2D eigenvalue weighted by Gasteiger charge is 2.41. The highest BCUT2D eigenvalue weighted by Crippen LogP contribution is 2.49. The predicted octanol–water partition coefficient (Wildman–Crippen LogP) is 2.60. The summed E-state index contributed by atoms with van der Waals surface area (Å²) in [5.74, 6) is 0.219. The van der Waals surface area contributed by atoms with Gasteiger partial charge in [0.2, 0.25) is 0 Å². The Labute approximate surface area is 157 Å². The Bertz CT molecular complexity index is 1150. The molecule has 0 spiro atoms.